The Balaban J connectivity index is 0.000000132. The Bertz CT molecular complexity index is 195. The van der Waals surface area contributed by atoms with Gasteiger partial charge in [-0.15, -0.1) is 0 Å². The fourth-order valence-corrected chi connectivity index (χ4v) is 1.18. The van der Waals surface area contributed by atoms with Gasteiger partial charge >= 0.3 is 0 Å². The monoisotopic (exact) mass is 179 g/mol. The summed E-state index contributed by atoms with van der Waals surface area (Å²) >= 11 is 0. The first-order chi connectivity index (χ1) is 6.39. The molecular weight excluding hydrogens is 162 g/mol. The predicted octanol–water partition coefficient (Wildman–Crippen LogP) is 1.54. The molecular formula is C10H17N3. The molecule has 1 aromatic heterocycles. The van der Waals surface area contributed by atoms with Crippen LogP contribution in [0.25, 0.3) is 0 Å². The van der Waals surface area contributed by atoms with Crippen molar-refractivity contribution in [2.24, 2.45) is 0 Å². The molecule has 2 rings (SSSR count). The average molecular weight is 179 g/mol. The first-order valence-electron chi connectivity index (χ1n) is 4.84. The number of hydrogen-bond acceptors (Lipinski definition) is 3. The molecule has 1 aromatic rings. The van der Waals surface area contributed by atoms with Gasteiger partial charge in [-0.2, -0.15) is 0 Å². The Labute approximate surface area is 79.6 Å². The van der Waals surface area contributed by atoms with Crippen LogP contribution in [-0.4, -0.2) is 23.1 Å². The van der Waals surface area contributed by atoms with Gasteiger partial charge in [0.1, 0.15) is 5.82 Å². The molecule has 1 N–H and O–H groups in total. The zero-order valence-electron chi connectivity index (χ0n) is 8.16. The average Bonchev–Trinajstić information content (AvgIpc) is 2.22. The van der Waals surface area contributed by atoms with Crippen LogP contribution >= 0.6 is 0 Å². The number of aryl methyl sites for hydroxylation is 1. The molecule has 1 aliphatic heterocycles. The molecule has 0 unspecified atom stereocenters. The maximum absolute atomic E-state index is 3.87. The Kier molecular flexibility index (Phi) is 5.10. The third kappa shape index (κ3) is 5.31. The molecule has 1 aliphatic rings. The van der Waals surface area contributed by atoms with E-state index < -0.39 is 0 Å². The molecule has 3 heteroatoms. The van der Waals surface area contributed by atoms with E-state index in [1.165, 1.54) is 32.4 Å². The zero-order valence-corrected chi connectivity index (χ0v) is 8.16. The highest BCUT2D eigenvalue weighted by molar-refractivity contribution is 4.83. The van der Waals surface area contributed by atoms with Gasteiger partial charge in [-0.25, -0.2) is 9.97 Å². The summed E-state index contributed by atoms with van der Waals surface area (Å²) in [5, 5.41) is 3.28. The second-order valence-corrected chi connectivity index (χ2v) is 3.11. The second kappa shape index (κ2) is 6.54. The van der Waals surface area contributed by atoms with Gasteiger partial charge in [0.15, 0.2) is 0 Å². The molecule has 13 heavy (non-hydrogen) atoms. The number of nitrogens with one attached hydrogen (secondary N) is 1. The van der Waals surface area contributed by atoms with Crippen LogP contribution in [0.2, 0.25) is 0 Å². The van der Waals surface area contributed by atoms with Gasteiger partial charge in [-0.05, 0) is 38.9 Å². The summed E-state index contributed by atoms with van der Waals surface area (Å²) in [7, 11) is 0. The van der Waals surface area contributed by atoms with Crippen molar-refractivity contribution in [3.8, 4) is 0 Å². The largest absolute Gasteiger partial charge is 0.317 e. The van der Waals surface area contributed by atoms with Gasteiger partial charge in [0.25, 0.3) is 0 Å². The van der Waals surface area contributed by atoms with Crippen molar-refractivity contribution in [2.45, 2.75) is 26.2 Å². The molecule has 3 nitrogen and oxygen atoms in total. The molecule has 0 bridgehead atoms. The maximum atomic E-state index is 3.87. The lowest BCUT2D eigenvalue weighted by Gasteiger charge is -2.08. The molecule has 0 aromatic carbocycles. The second-order valence-electron chi connectivity index (χ2n) is 3.11. The van der Waals surface area contributed by atoms with Crippen molar-refractivity contribution >= 4 is 0 Å². The van der Waals surface area contributed by atoms with Gasteiger partial charge in [-0.1, -0.05) is 6.42 Å². The molecule has 1 fully saturated rings. The molecule has 1 saturated heterocycles. The molecule has 0 spiro atoms. The third-order valence-corrected chi connectivity index (χ3v) is 1.90. The van der Waals surface area contributed by atoms with Gasteiger partial charge in [0.05, 0.1) is 0 Å². The molecule has 2 heterocycles. The topological polar surface area (TPSA) is 37.8 Å². The summed E-state index contributed by atoms with van der Waals surface area (Å²) in [5.41, 5.74) is 0. The van der Waals surface area contributed by atoms with Crippen molar-refractivity contribution < 1.29 is 0 Å². The summed E-state index contributed by atoms with van der Waals surface area (Å²) in [6.45, 7) is 4.36. The molecule has 0 radical (unpaired) electrons. The van der Waals surface area contributed by atoms with Crippen molar-refractivity contribution in [1.82, 2.24) is 15.3 Å². The highest BCUT2D eigenvalue weighted by atomic mass is 14.9. The summed E-state index contributed by atoms with van der Waals surface area (Å²) in [6, 6.07) is 1.80. The molecule has 0 aliphatic carbocycles. The molecule has 0 atom stereocenters. The molecule has 0 saturated carbocycles. The quantitative estimate of drug-likeness (QED) is 0.656. The van der Waals surface area contributed by atoms with Crippen molar-refractivity contribution in [1.29, 1.82) is 0 Å². The minimum Gasteiger partial charge on any atom is -0.317 e. The zero-order chi connectivity index (χ0) is 9.36. The van der Waals surface area contributed by atoms with Gasteiger partial charge in [-0.3, -0.25) is 0 Å². The lowest BCUT2D eigenvalue weighted by molar-refractivity contribution is 0.520. The number of aromatic nitrogens is 2. The Morgan fingerprint density at radius 3 is 1.92 bits per heavy atom. The van der Waals surface area contributed by atoms with Gasteiger partial charge in [0, 0.05) is 12.4 Å². The van der Waals surface area contributed by atoms with E-state index >= 15 is 0 Å². The van der Waals surface area contributed by atoms with Crippen LogP contribution in [-0.2, 0) is 0 Å². The van der Waals surface area contributed by atoms with Crippen molar-refractivity contribution in [3.63, 3.8) is 0 Å². The first kappa shape index (κ1) is 10.1. The fourth-order valence-electron chi connectivity index (χ4n) is 1.18. The van der Waals surface area contributed by atoms with E-state index in [4.69, 9.17) is 0 Å². The third-order valence-electron chi connectivity index (χ3n) is 1.90. The van der Waals surface area contributed by atoms with Crippen LogP contribution in [0.3, 0.4) is 0 Å². The van der Waals surface area contributed by atoms with E-state index in [-0.39, 0.29) is 0 Å². The van der Waals surface area contributed by atoms with Crippen molar-refractivity contribution in [3.05, 3.63) is 24.3 Å². The highest BCUT2D eigenvalue weighted by Crippen LogP contribution is 1.96. The molecule has 72 valence electrons. The van der Waals surface area contributed by atoms with Crippen LogP contribution < -0.4 is 5.32 Å². The number of piperidine rings is 1. The van der Waals surface area contributed by atoms with Crippen LogP contribution in [0, 0.1) is 6.92 Å². The smallest absolute Gasteiger partial charge is 0.125 e. The summed E-state index contributed by atoms with van der Waals surface area (Å²) in [5.74, 6) is 0.822. The van der Waals surface area contributed by atoms with Gasteiger partial charge in [0.2, 0.25) is 0 Å². The van der Waals surface area contributed by atoms with E-state index in [9.17, 15) is 0 Å². The van der Waals surface area contributed by atoms with E-state index in [0.717, 1.165) is 5.82 Å². The lowest BCUT2D eigenvalue weighted by atomic mass is 10.2. The van der Waals surface area contributed by atoms with Crippen LogP contribution in [0.5, 0.6) is 0 Å². The molecule has 0 amide bonds. The summed E-state index contributed by atoms with van der Waals surface area (Å²) in [4.78, 5) is 7.74. The minimum atomic E-state index is 0.822. The van der Waals surface area contributed by atoms with Crippen molar-refractivity contribution in [2.75, 3.05) is 13.1 Å². The highest BCUT2D eigenvalue weighted by Gasteiger charge is 1.93. The standard InChI is InChI=1S/C5H6N2.C5H11N/c1-5-6-3-2-4-7-5;1-2-4-6-5-3-1/h2-4H,1H3;6H,1-5H2. The fraction of sp³-hybridized carbons (Fsp3) is 0.600. The lowest BCUT2D eigenvalue weighted by Crippen LogP contribution is -2.21. The number of hydrogen-bond donors (Lipinski definition) is 1. The minimum absolute atomic E-state index is 0.822. The van der Waals surface area contributed by atoms with Gasteiger partial charge < -0.3 is 5.32 Å². The van der Waals surface area contributed by atoms with Crippen LogP contribution in [0.1, 0.15) is 25.1 Å². The number of nitrogens with zero attached hydrogens (tertiary/aromatic N) is 2. The Hall–Kier alpha value is -0.960. The Morgan fingerprint density at radius 2 is 1.69 bits per heavy atom. The van der Waals surface area contributed by atoms with E-state index in [1.807, 2.05) is 6.92 Å². The van der Waals surface area contributed by atoms with E-state index in [0.29, 0.717) is 0 Å². The number of rotatable bonds is 0. The first-order valence-corrected chi connectivity index (χ1v) is 4.84. The summed E-state index contributed by atoms with van der Waals surface area (Å²) in [6.07, 6.45) is 7.66. The van der Waals surface area contributed by atoms with Crippen LogP contribution in [0.15, 0.2) is 18.5 Å². The van der Waals surface area contributed by atoms with E-state index in [1.54, 1.807) is 18.5 Å². The Morgan fingerprint density at radius 1 is 1.08 bits per heavy atom. The van der Waals surface area contributed by atoms with Crippen LogP contribution in [0.4, 0.5) is 0 Å². The predicted molar refractivity (Wildman–Crippen MR) is 53.5 cm³/mol. The SMILES string of the molecule is C1CCNCC1.Cc1ncccn1. The summed E-state index contributed by atoms with van der Waals surface area (Å²) < 4.78 is 0. The van der Waals surface area contributed by atoms with E-state index in [2.05, 4.69) is 15.3 Å². The maximum Gasteiger partial charge on any atom is 0.125 e. The normalized spacial score (nSPS) is 15.8.